The van der Waals surface area contributed by atoms with Crippen molar-refractivity contribution in [3.8, 4) is 11.8 Å². The summed E-state index contributed by atoms with van der Waals surface area (Å²) in [7, 11) is -2.95. The molecule has 0 bridgehead atoms. The zero-order valence-corrected chi connectivity index (χ0v) is 21.8. The highest BCUT2D eigenvalue weighted by atomic mass is 32.2. The van der Waals surface area contributed by atoms with Crippen LogP contribution in [0, 0.1) is 18.8 Å². The molecule has 38 heavy (non-hydrogen) atoms. The van der Waals surface area contributed by atoms with Crippen molar-refractivity contribution in [1.29, 1.82) is 0 Å². The van der Waals surface area contributed by atoms with Crippen LogP contribution in [0.15, 0.2) is 65.2 Å². The Kier molecular flexibility index (Phi) is 10.1. The Bertz CT molecular complexity index is 1490. The van der Waals surface area contributed by atoms with Gasteiger partial charge in [-0.25, -0.2) is 9.19 Å². The summed E-state index contributed by atoms with van der Waals surface area (Å²) in [5.41, 5.74) is 8.99. The van der Waals surface area contributed by atoms with E-state index in [2.05, 4.69) is 26.5 Å². The number of aliphatic hydroxyl groups is 2. The number of nitrogens with two attached hydrogens (primary N) is 1. The third kappa shape index (κ3) is 8.24. The maximum atomic E-state index is 13.1. The number of carbonyl (C=O) groups excluding carboxylic acids is 2. The van der Waals surface area contributed by atoms with Gasteiger partial charge in [0, 0.05) is 47.7 Å². The fourth-order valence-corrected chi connectivity index (χ4v) is 5.43. The number of pyridine rings is 1. The number of carbonyl (C=O) groups is 2. The molecular formula is C28H30N4O5S. The van der Waals surface area contributed by atoms with Crippen LogP contribution in [0.5, 0.6) is 0 Å². The van der Waals surface area contributed by atoms with Crippen molar-refractivity contribution in [3.05, 3.63) is 88.6 Å². The first-order valence-corrected chi connectivity index (χ1v) is 13.8. The molecule has 0 saturated heterocycles. The minimum atomic E-state index is -2.95. The Morgan fingerprint density at radius 1 is 1.00 bits per heavy atom. The summed E-state index contributed by atoms with van der Waals surface area (Å²) in [6.45, 7) is 1.57. The van der Waals surface area contributed by atoms with Crippen LogP contribution in [0.1, 0.15) is 50.2 Å². The molecule has 1 aromatic heterocycles. The third-order valence-corrected chi connectivity index (χ3v) is 7.75. The number of benzene rings is 2. The van der Waals surface area contributed by atoms with E-state index in [0.717, 1.165) is 5.56 Å². The molecule has 0 radical (unpaired) electrons. The molecule has 2 aromatic carbocycles. The van der Waals surface area contributed by atoms with E-state index in [9.17, 15) is 13.8 Å². The van der Waals surface area contributed by atoms with Gasteiger partial charge in [0.2, 0.25) is 0 Å². The molecule has 0 unspecified atom stereocenters. The van der Waals surface area contributed by atoms with Gasteiger partial charge in [-0.3, -0.25) is 9.59 Å². The predicted molar refractivity (Wildman–Crippen MR) is 148 cm³/mol. The number of nitrogens with one attached hydrogen (secondary N) is 1. The van der Waals surface area contributed by atoms with E-state index in [4.69, 9.17) is 15.9 Å². The van der Waals surface area contributed by atoms with Crippen molar-refractivity contribution in [2.45, 2.75) is 19.8 Å². The molecule has 0 aliphatic rings. The maximum absolute atomic E-state index is 13.1. The van der Waals surface area contributed by atoms with Gasteiger partial charge >= 0.3 is 0 Å². The number of anilines is 2. The summed E-state index contributed by atoms with van der Waals surface area (Å²) in [6, 6.07) is 15.7. The fraction of sp³-hybridized carbons (Fsp3) is 0.250. The summed E-state index contributed by atoms with van der Waals surface area (Å²) in [4.78, 5) is 29.5. The molecule has 198 valence electrons. The van der Waals surface area contributed by atoms with Crippen LogP contribution in [0.4, 0.5) is 11.5 Å². The summed E-state index contributed by atoms with van der Waals surface area (Å²) >= 11 is 0. The number of hydrogen-bond acceptors (Lipinski definition) is 7. The number of aryl methyl sites for hydroxylation is 1. The molecule has 0 saturated carbocycles. The predicted octanol–water partition coefficient (Wildman–Crippen LogP) is 3.00. The van der Waals surface area contributed by atoms with Crippen LogP contribution >= 0.6 is 0 Å². The SMILES string of the molecule is Cc1cccc(NC(=O)c2cccc(C#Cc3cc(C(=O)N=S(=O)(CCCO)CCCO)cnc3N)c2)c1. The van der Waals surface area contributed by atoms with Gasteiger partial charge in [0.1, 0.15) is 5.82 Å². The quantitative estimate of drug-likeness (QED) is 0.308. The highest BCUT2D eigenvalue weighted by Gasteiger charge is 2.15. The molecular weight excluding hydrogens is 504 g/mol. The topological polar surface area (TPSA) is 155 Å². The van der Waals surface area contributed by atoms with Crippen LogP contribution in [0.2, 0.25) is 0 Å². The number of nitrogens with zero attached hydrogens (tertiary/aromatic N) is 2. The standard InChI is InChI=1S/C28H30N4O5S/c1-20-6-2-9-25(16-20)31-27(35)23-8-3-7-21(17-23)10-11-22-18-24(19-30-26(22)29)28(36)32-38(37,14-4-12-33)15-5-13-34/h2-3,6-9,16-19,33-34H,4-5,12-15H2,1H3,(H2,29,30)(H,31,35). The molecule has 0 aliphatic heterocycles. The van der Waals surface area contributed by atoms with Gasteiger partial charge in [0.25, 0.3) is 11.8 Å². The largest absolute Gasteiger partial charge is 0.396 e. The van der Waals surface area contributed by atoms with Crippen LogP contribution < -0.4 is 11.1 Å². The minimum absolute atomic E-state index is 0.0398. The van der Waals surface area contributed by atoms with E-state index < -0.39 is 15.6 Å². The highest BCUT2D eigenvalue weighted by Crippen LogP contribution is 2.15. The minimum Gasteiger partial charge on any atom is -0.396 e. The molecule has 3 aromatic rings. The Morgan fingerprint density at radius 2 is 1.71 bits per heavy atom. The lowest BCUT2D eigenvalue weighted by Gasteiger charge is -2.08. The van der Waals surface area contributed by atoms with Crippen LogP contribution in [0.3, 0.4) is 0 Å². The van der Waals surface area contributed by atoms with Crippen LogP contribution in [-0.2, 0) is 9.73 Å². The number of nitrogen functional groups attached to an aromatic ring is 1. The molecule has 0 spiro atoms. The zero-order chi connectivity index (χ0) is 27.5. The van der Waals surface area contributed by atoms with Crippen molar-refractivity contribution in [2.75, 3.05) is 35.8 Å². The monoisotopic (exact) mass is 534 g/mol. The molecule has 5 N–H and O–H groups in total. The van der Waals surface area contributed by atoms with E-state index in [0.29, 0.717) is 16.8 Å². The van der Waals surface area contributed by atoms with Crippen molar-refractivity contribution in [1.82, 2.24) is 4.98 Å². The molecule has 0 fully saturated rings. The molecule has 2 amide bonds. The molecule has 1 heterocycles. The lowest BCUT2D eigenvalue weighted by molar-refractivity contribution is 0.100. The van der Waals surface area contributed by atoms with Gasteiger partial charge in [0.05, 0.1) is 20.9 Å². The summed E-state index contributed by atoms with van der Waals surface area (Å²) in [5.74, 6) is 4.98. The van der Waals surface area contributed by atoms with Gasteiger partial charge in [-0.05, 0) is 61.7 Å². The number of rotatable bonds is 9. The average Bonchev–Trinajstić information content (AvgIpc) is 2.90. The van der Waals surface area contributed by atoms with E-state index in [1.54, 1.807) is 24.3 Å². The third-order valence-electron chi connectivity index (χ3n) is 5.40. The van der Waals surface area contributed by atoms with Crippen molar-refractivity contribution >= 4 is 33.0 Å². The summed E-state index contributed by atoms with van der Waals surface area (Å²) in [6.07, 6.45) is 1.68. The normalized spacial score (nSPS) is 10.8. The number of hydrogen-bond donors (Lipinski definition) is 4. The Balaban J connectivity index is 1.83. The Morgan fingerprint density at radius 3 is 2.39 bits per heavy atom. The lowest BCUT2D eigenvalue weighted by Crippen LogP contribution is -2.16. The smallest absolute Gasteiger partial charge is 0.286 e. The van der Waals surface area contributed by atoms with Crippen LogP contribution in [-0.4, -0.2) is 55.9 Å². The summed E-state index contributed by atoms with van der Waals surface area (Å²) < 4.78 is 17.0. The van der Waals surface area contributed by atoms with Gasteiger partial charge in [-0.15, -0.1) is 0 Å². The second kappa shape index (κ2) is 13.5. The van der Waals surface area contributed by atoms with Gasteiger partial charge in [-0.2, -0.15) is 4.36 Å². The number of amides is 2. The van der Waals surface area contributed by atoms with Crippen molar-refractivity contribution in [3.63, 3.8) is 0 Å². The Hall–Kier alpha value is -4.04. The second-order valence-corrected chi connectivity index (χ2v) is 11.1. The molecule has 3 rings (SSSR count). The van der Waals surface area contributed by atoms with Gasteiger partial charge < -0.3 is 21.3 Å². The number of aliphatic hydroxyl groups excluding tert-OH is 2. The highest BCUT2D eigenvalue weighted by molar-refractivity contribution is 7.93. The average molecular weight is 535 g/mol. The maximum Gasteiger partial charge on any atom is 0.286 e. The van der Waals surface area contributed by atoms with Crippen LogP contribution in [0.25, 0.3) is 0 Å². The molecule has 0 aliphatic carbocycles. The second-order valence-electron chi connectivity index (χ2n) is 8.54. The fourth-order valence-electron chi connectivity index (χ4n) is 3.47. The molecule has 10 heteroatoms. The van der Waals surface area contributed by atoms with E-state index in [-0.39, 0.29) is 60.4 Å². The first kappa shape index (κ1) is 28.5. The molecule has 9 nitrogen and oxygen atoms in total. The van der Waals surface area contributed by atoms with Gasteiger partial charge in [0.15, 0.2) is 0 Å². The van der Waals surface area contributed by atoms with Gasteiger partial charge in [-0.1, -0.05) is 30.0 Å². The van der Waals surface area contributed by atoms with E-state index >= 15 is 0 Å². The number of aromatic nitrogens is 1. The lowest BCUT2D eigenvalue weighted by atomic mass is 10.1. The first-order chi connectivity index (χ1) is 18.2. The van der Waals surface area contributed by atoms with Crippen molar-refractivity contribution in [2.24, 2.45) is 4.36 Å². The zero-order valence-electron chi connectivity index (χ0n) is 21.0. The first-order valence-electron chi connectivity index (χ1n) is 12.0. The molecule has 0 atom stereocenters. The van der Waals surface area contributed by atoms with E-state index in [1.807, 2.05) is 31.2 Å². The van der Waals surface area contributed by atoms with E-state index in [1.165, 1.54) is 12.3 Å². The Labute approximate surface area is 222 Å². The van der Waals surface area contributed by atoms with Crippen molar-refractivity contribution < 1.29 is 24.0 Å². The summed E-state index contributed by atoms with van der Waals surface area (Å²) in [5, 5.41) is 21.0.